The molecule has 0 aliphatic carbocycles. The molecule has 1 saturated heterocycles. The van der Waals surface area contributed by atoms with Gasteiger partial charge in [-0.15, -0.1) is 0 Å². The number of carbonyl (C=O) groups is 1. The van der Waals surface area contributed by atoms with Gasteiger partial charge in [0.15, 0.2) is 0 Å². The van der Waals surface area contributed by atoms with Crippen LogP contribution in [-0.2, 0) is 19.6 Å². The van der Waals surface area contributed by atoms with E-state index in [9.17, 15) is 18.3 Å². The standard InChI is InChI=1S/C15H21NO5S/c1-4-21-15(18)13-14(17)11(3)9-16(13)22(19,20)12-7-5-10(2)6-8-12/h5-8,11,13-14,17H,4,9H2,1-3H3. The van der Waals surface area contributed by atoms with E-state index >= 15 is 0 Å². The monoisotopic (exact) mass is 327 g/mol. The summed E-state index contributed by atoms with van der Waals surface area (Å²) in [6.45, 7) is 5.43. The van der Waals surface area contributed by atoms with Crippen LogP contribution in [0, 0.1) is 12.8 Å². The summed E-state index contributed by atoms with van der Waals surface area (Å²) < 4.78 is 31.5. The van der Waals surface area contributed by atoms with Crippen LogP contribution in [-0.4, -0.2) is 49.1 Å². The second-order valence-corrected chi connectivity index (χ2v) is 7.44. The van der Waals surface area contributed by atoms with E-state index < -0.39 is 28.1 Å². The van der Waals surface area contributed by atoms with Crippen molar-refractivity contribution in [1.82, 2.24) is 4.31 Å². The first-order valence-corrected chi connectivity index (χ1v) is 8.66. The largest absolute Gasteiger partial charge is 0.465 e. The molecular formula is C15H21NO5S. The molecule has 7 heteroatoms. The third-order valence-electron chi connectivity index (χ3n) is 3.84. The quantitative estimate of drug-likeness (QED) is 0.832. The molecule has 22 heavy (non-hydrogen) atoms. The van der Waals surface area contributed by atoms with Gasteiger partial charge < -0.3 is 9.84 Å². The first-order valence-electron chi connectivity index (χ1n) is 7.22. The highest BCUT2D eigenvalue weighted by molar-refractivity contribution is 7.89. The zero-order valence-electron chi connectivity index (χ0n) is 12.9. The Morgan fingerprint density at radius 2 is 1.95 bits per heavy atom. The van der Waals surface area contributed by atoms with Gasteiger partial charge >= 0.3 is 5.97 Å². The lowest BCUT2D eigenvalue weighted by molar-refractivity contribution is -0.149. The van der Waals surface area contributed by atoms with E-state index in [1.54, 1.807) is 26.0 Å². The molecule has 1 fully saturated rings. The third kappa shape index (κ3) is 3.02. The molecule has 0 bridgehead atoms. The van der Waals surface area contributed by atoms with Crippen LogP contribution in [0.3, 0.4) is 0 Å². The van der Waals surface area contributed by atoms with Crippen molar-refractivity contribution in [3.05, 3.63) is 29.8 Å². The predicted molar refractivity (Wildman–Crippen MR) is 80.7 cm³/mol. The molecule has 0 spiro atoms. The fourth-order valence-corrected chi connectivity index (χ4v) is 4.26. The number of hydrogen-bond donors (Lipinski definition) is 1. The van der Waals surface area contributed by atoms with Crippen molar-refractivity contribution in [2.75, 3.05) is 13.2 Å². The molecule has 1 N–H and O–H groups in total. The SMILES string of the molecule is CCOC(=O)C1C(O)C(C)CN1S(=O)(=O)c1ccc(C)cc1. The van der Waals surface area contributed by atoms with Gasteiger partial charge in [0, 0.05) is 6.54 Å². The number of aliphatic hydroxyl groups excluding tert-OH is 1. The molecule has 0 amide bonds. The molecule has 0 radical (unpaired) electrons. The fraction of sp³-hybridized carbons (Fsp3) is 0.533. The lowest BCUT2D eigenvalue weighted by Crippen LogP contribution is -2.46. The average molecular weight is 327 g/mol. The summed E-state index contributed by atoms with van der Waals surface area (Å²) in [5.74, 6) is -1.05. The van der Waals surface area contributed by atoms with Crippen molar-refractivity contribution in [1.29, 1.82) is 0 Å². The number of esters is 1. The van der Waals surface area contributed by atoms with E-state index in [1.165, 1.54) is 12.1 Å². The minimum Gasteiger partial charge on any atom is -0.465 e. The molecule has 6 nitrogen and oxygen atoms in total. The summed E-state index contributed by atoms with van der Waals surface area (Å²) in [4.78, 5) is 12.2. The normalized spacial score (nSPS) is 26.1. The first kappa shape index (κ1) is 16.9. The van der Waals surface area contributed by atoms with E-state index in [2.05, 4.69) is 0 Å². The van der Waals surface area contributed by atoms with E-state index in [-0.39, 0.29) is 24.0 Å². The Kier molecular flexibility index (Phi) is 4.89. The number of sulfonamides is 1. The maximum absolute atomic E-state index is 12.8. The molecular weight excluding hydrogens is 306 g/mol. The second kappa shape index (κ2) is 6.36. The Balaban J connectivity index is 2.39. The van der Waals surface area contributed by atoms with E-state index in [0.29, 0.717) is 0 Å². The van der Waals surface area contributed by atoms with Gasteiger partial charge in [-0.3, -0.25) is 4.79 Å². The summed E-state index contributed by atoms with van der Waals surface area (Å²) in [6.07, 6.45) is -1.07. The maximum Gasteiger partial charge on any atom is 0.327 e. The van der Waals surface area contributed by atoms with Crippen LogP contribution >= 0.6 is 0 Å². The molecule has 0 saturated carbocycles. The number of hydrogen-bond acceptors (Lipinski definition) is 5. The number of aryl methyl sites for hydroxylation is 1. The molecule has 122 valence electrons. The van der Waals surface area contributed by atoms with Crippen molar-refractivity contribution >= 4 is 16.0 Å². The van der Waals surface area contributed by atoms with Crippen LogP contribution in [0.2, 0.25) is 0 Å². The maximum atomic E-state index is 12.8. The van der Waals surface area contributed by atoms with Gasteiger partial charge in [-0.05, 0) is 31.9 Å². The van der Waals surface area contributed by atoms with E-state index in [4.69, 9.17) is 4.74 Å². The number of aliphatic hydroxyl groups is 1. The smallest absolute Gasteiger partial charge is 0.327 e. The number of nitrogens with zero attached hydrogens (tertiary/aromatic N) is 1. The van der Waals surface area contributed by atoms with Crippen LogP contribution in [0.25, 0.3) is 0 Å². The first-order chi connectivity index (χ1) is 10.3. The molecule has 3 unspecified atom stereocenters. The highest BCUT2D eigenvalue weighted by atomic mass is 32.2. The van der Waals surface area contributed by atoms with Crippen LogP contribution in [0.5, 0.6) is 0 Å². The van der Waals surface area contributed by atoms with Gasteiger partial charge in [0.25, 0.3) is 0 Å². The summed E-state index contributed by atoms with van der Waals surface area (Å²) in [7, 11) is -3.86. The topological polar surface area (TPSA) is 83.9 Å². The summed E-state index contributed by atoms with van der Waals surface area (Å²) >= 11 is 0. The average Bonchev–Trinajstić information content (AvgIpc) is 2.76. The van der Waals surface area contributed by atoms with E-state index in [0.717, 1.165) is 9.87 Å². The van der Waals surface area contributed by atoms with Crippen LogP contribution < -0.4 is 0 Å². The van der Waals surface area contributed by atoms with Gasteiger partial charge in [0.05, 0.1) is 17.6 Å². The molecule has 1 heterocycles. The Bertz CT molecular complexity index is 640. The van der Waals surface area contributed by atoms with Crippen molar-refractivity contribution < 1.29 is 23.1 Å². The summed E-state index contributed by atoms with van der Waals surface area (Å²) in [5.41, 5.74) is 0.940. The minimum atomic E-state index is -3.86. The molecule has 0 aromatic heterocycles. The summed E-state index contributed by atoms with van der Waals surface area (Å²) in [5, 5.41) is 10.2. The van der Waals surface area contributed by atoms with Gasteiger partial charge in [0.1, 0.15) is 6.04 Å². The molecule has 1 aromatic carbocycles. The molecule has 1 aromatic rings. The molecule has 3 atom stereocenters. The summed E-state index contributed by atoms with van der Waals surface area (Å²) in [6, 6.07) is 5.20. The molecule has 2 rings (SSSR count). The van der Waals surface area contributed by atoms with Gasteiger partial charge in [-0.2, -0.15) is 4.31 Å². The number of rotatable bonds is 4. The predicted octanol–water partition coefficient (Wildman–Crippen LogP) is 0.928. The number of benzene rings is 1. The van der Waals surface area contributed by atoms with Crippen LogP contribution in [0.15, 0.2) is 29.2 Å². The van der Waals surface area contributed by atoms with Gasteiger partial charge in [-0.25, -0.2) is 8.42 Å². The Morgan fingerprint density at radius 1 is 1.36 bits per heavy atom. The highest BCUT2D eigenvalue weighted by Crippen LogP contribution is 2.30. The zero-order chi connectivity index (χ0) is 16.5. The second-order valence-electron chi connectivity index (χ2n) is 5.55. The molecule has 1 aliphatic heterocycles. The Labute approximate surface area is 130 Å². The third-order valence-corrected chi connectivity index (χ3v) is 5.70. The fourth-order valence-electron chi connectivity index (χ4n) is 2.56. The molecule has 1 aliphatic rings. The lowest BCUT2D eigenvalue weighted by atomic mass is 10.0. The number of carbonyl (C=O) groups excluding carboxylic acids is 1. The Morgan fingerprint density at radius 3 is 2.50 bits per heavy atom. The zero-order valence-corrected chi connectivity index (χ0v) is 13.7. The minimum absolute atomic E-state index is 0.0842. The van der Waals surface area contributed by atoms with Crippen molar-refractivity contribution in [2.45, 2.75) is 37.8 Å². The highest BCUT2D eigenvalue weighted by Gasteiger charge is 2.49. The van der Waals surface area contributed by atoms with Crippen molar-refractivity contribution in [2.24, 2.45) is 5.92 Å². The van der Waals surface area contributed by atoms with Crippen LogP contribution in [0.4, 0.5) is 0 Å². The van der Waals surface area contributed by atoms with Gasteiger partial charge in [-0.1, -0.05) is 24.6 Å². The van der Waals surface area contributed by atoms with E-state index in [1.807, 2.05) is 6.92 Å². The lowest BCUT2D eigenvalue weighted by Gasteiger charge is -2.24. The van der Waals surface area contributed by atoms with Crippen LogP contribution in [0.1, 0.15) is 19.4 Å². The number of ether oxygens (including phenoxy) is 1. The van der Waals surface area contributed by atoms with Gasteiger partial charge in [0.2, 0.25) is 10.0 Å². The Hall–Kier alpha value is -1.44. The van der Waals surface area contributed by atoms with Crippen molar-refractivity contribution in [3.8, 4) is 0 Å². The van der Waals surface area contributed by atoms with Crippen molar-refractivity contribution in [3.63, 3.8) is 0 Å².